The molecule has 1 fully saturated rings. The first-order valence-electron chi connectivity index (χ1n) is 6.66. The van der Waals surface area contributed by atoms with Gasteiger partial charge in [-0.05, 0) is 38.0 Å². The molecule has 0 saturated carbocycles. The van der Waals surface area contributed by atoms with Crippen molar-refractivity contribution in [3.05, 3.63) is 35.6 Å². The van der Waals surface area contributed by atoms with E-state index in [1.54, 1.807) is 0 Å². The Balaban J connectivity index is 2.05. The van der Waals surface area contributed by atoms with E-state index in [0.717, 1.165) is 18.7 Å². The monoisotopic (exact) mass is 244 g/mol. The van der Waals surface area contributed by atoms with Crippen LogP contribution in [0.1, 0.15) is 20.3 Å². The van der Waals surface area contributed by atoms with Crippen molar-refractivity contribution in [1.82, 2.24) is 10.2 Å². The van der Waals surface area contributed by atoms with Crippen LogP contribution in [0.4, 0.5) is 0 Å². The number of nitrogens with one attached hydrogen (secondary N) is 1. The number of fused-ring (bicyclic) bond motifs is 1. The number of hydrogen-bond donors (Lipinski definition) is 1. The van der Waals surface area contributed by atoms with Gasteiger partial charge in [-0.3, -0.25) is 4.79 Å². The lowest BCUT2D eigenvalue weighted by molar-refractivity contribution is -0.126. The first-order chi connectivity index (χ1) is 8.53. The standard InChI is InChI=1S/C15H20N2O/c1-10-4-6-12-13(7-5-10)16-14(18)15(12)8-11(2)17(3)9-15/h4-7,10-11H,8-9H2,1-3H3,(H,16,18). The highest BCUT2D eigenvalue weighted by Crippen LogP contribution is 2.46. The van der Waals surface area contributed by atoms with Gasteiger partial charge in [0.05, 0.1) is 5.41 Å². The number of hydrogen-bond acceptors (Lipinski definition) is 2. The summed E-state index contributed by atoms with van der Waals surface area (Å²) in [4.78, 5) is 14.7. The fraction of sp³-hybridized carbons (Fsp3) is 0.533. The van der Waals surface area contributed by atoms with Crippen molar-refractivity contribution < 1.29 is 4.79 Å². The number of rotatable bonds is 0. The van der Waals surface area contributed by atoms with Crippen LogP contribution in [-0.4, -0.2) is 30.4 Å². The van der Waals surface area contributed by atoms with Gasteiger partial charge in [-0.2, -0.15) is 0 Å². The summed E-state index contributed by atoms with van der Waals surface area (Å²) in [6, 6.07) is 0.459. The molecule has 3 unspecified atom stereocenters. The van der Waals surface area contributed by atoms with Crippen molar-refractivity contribution in [3.63, 3.8) is 0 Å². The van der Waals surface area contributed by atoms with E-state index in [2.05, 4.69) is 55.4 Å². The Morgan fingerprint density at radius 2 is 2.06 bits per heavy atom. The molecule has 3 atom stereocenters. The van der Waals surface area contributed by atoms with Gasteiger partial charge in [0, 0.05) is 18.3 Å². The zero-order valence-electron chi connectivity index (χ0n) is 11.2. The SMILES string of the molecule is CC1C=CC2=C(C=C1)C1(CC(C)N(C)C1)C(=O)N2. The van der Waals surface area contributed by atoms with E-state index in [4.69, 9.17) is 0 Å². The van der Waals surface area contributed by atoms with Crippen molar-refractivity contribution in [3.8, 4) is 0 Å². The minimum atomic E-state index is -0.325. The van der Waals surface area contributed by atoms with Crippen LogP contribution in [-0.2, 0) is 4.79 Å². The summed E-state index contributed by atoms with van der Waals surface area (Å²) >= 11 is 0. The van der Waals surface area contributed by atoms with Crippen molar-refractivity contribution in [2.45, 2.75) is 26.3 Å². The third-order valence-corrected chi connectivity index (χ3v) is 4.54. The smallest absolute Gasteiger partial charge is 0.236 e. The summed E-state index contributed by atoms with van der Waals surface area (Å²) in [5.41, 5.74) is 1.86. The van der Waals surface area contributed by atoms with Crippen LogP contribution in [0.3, 0.4) is 0 Å². The van der Waals surface area contributed by atoms with Crippen LogP contribution in [0.25, 0.3) is 0 Å². The van der Waals surface area contributed by atoms with E-state index in [1.165, 1.54) is 5.57 Å². The summed E-state index contributed by atoms with van der Waals surface area (Å²) in [5.74, 6) is 0.605. The summed E-state index contributed by atoms with van der Waals surface area (Å²) < 4.78 is 0. The van der Waals surface area contributed by atoms with E-state index in [9.17, 15) is 4.79 Å². The molecule has 1 amide bonds. The maximum atomic E-state index is 12.4. The molecule has 3 rings (SSSR count). The van der Waals surface area contributed by atoms with Gasteiger partial charge in [0.15, 0.2) is 0 Å². The number of allylic oxidation sites excluding steroid dienone is 4. The van der Waals surface area contributed by atoms with E-state index in [1.807, 2.05) is 0 Å². The van der Waals surface area contributed by atoms with E-state index < -0.39 is 0 Å². The largest absolute Gasteiger partial charge is 0.325 e. The Labute approximate surface area is 108 Å². The molecule has 18 heavy (non-hydrogen) atoms. The fourth-order valence-electron chi connectivity index (χ4n) is 3.30. The molecule has 0 aromatic rings. The highest BCUT2D eigenvalue weighted by Gasteiger charge is 2.52. The second-order valence-corrected chi connectivity index (χ2v) is 5.91. The Hall–Kier alpha value is -1.35. The van der Waals surface area contributed by atoms with E-state index >= 15 is 0 Å². The molecule has 3 heteroatoms. The predicted molar refractivity (Wildman–Crippen MR) is 71.8 cm³/mol. The number of likely N-dealkylation sites (tertiary alicyclic amines) is 1. The molecule has 0 bridgehead atoms. The molecule has 1 N–H and O–H groups in total. The van der Waals surface area contributed by atoms with Gasteiger partial charge in [0.1, 0.15) is 0 Å². The molecule has 96 valence electrons. The third kappa shape index (κ3) is 1.50. The second kappa shape index (κ2) is 3.82. The van der Waals surface area contributed by atoms with Crippen molar-refractivity contribution in [2.24, 2.45) is 11.3 Å². The van der Waals surface area contributed by atoms with E-state index in [0.29, 0.717) is 12.0 Å². The molecule has 0 aromatic carbocycles. The van der Waals surface area contributed by atoms with Crippen LogP contribution in [0.2, 0.25) is 0 Å². The lowest BCUT2D eigenvalue weighted by atomic mass is 9.78. The Morgan fingerprint density at radius 1 is 1.33 bits per heavy atom. The predicted octanol–water partition coefficient (Wildman–Crippen LogP) is 1.84. The average Bonchev–Trinajstić information content (AvgIpc) is 2.65. The molecule has 1 saturated heterocycles. The molecule has 0 aromatic heterocycles. The Bertz CT molecular complexity index is 477. The number of carbonyl (C=O) groups excluding carboxylic acids is 1. The summed E-state index contributed by atoms with van der Waals surface area (Å²) in [5, 5.41) is 3.07. The minimum Gasteiger partial charge on any atom is -0.325 e. The van der Waals surface area contributed by atoms with Crippen molar-refractivity contribution in [2.75, 3.05) is 13.6 Å². The maximum absolute atomic E-state index is 12.4. The summed E-state index contributed by atoms with van der Waals surface area (Å²) in [7, 11) is 2.10. The van der Waals surface area contributed by atoms with Gasteiger partial charge in [0.25, 0.3) is 0 Å². The summed E-state index contributed by atoms with van der Waals surface area (Å²) in [6.07, 6.45) is 9.46. The maximum Gasteiger partial charge on any atom is 0.236 e. The molecule has 1 aliphatic carbocycles. The molecule has 1 spiro atoms. The zero-order chi connectivity index (χ0) is 12.9. The molecule has 2 aliphatic heterocycles. The van der Waals surface area contributed by atoms with Crippen LogP contribution in [0.5, 0.6) is 0 Å². The van der Waals surface area contributed by atoms with Gasteiger partial charge in [0.2, 0.25) is 5.91 Å². The van der Waals surface area contributed by atoms with Gasteiger partial charge in [-0.15, -0.1) is 0 Å². The first kappa shape index (κ1) is 11.7. The van der Waals surface area contributed by atoms with Crippen LogP contribution in [0, 0.1) is 11.3 Å². The molecule has 3 aliphatic rings. The molecule has 3 nitrogen and oxygen atoms in total. The highest BCUT2D eigenvalue weighted by atomic mass is 16.2. The number of nitrogens with zero attached hydrogens (tertiary/aromatic N) is 1. The fourth-order valence-corrected chi connectivity index (χ4v) is 3.30. The number of carbonyl (C=O) groups is 1. The highest BCUT2D eigenvalue weighted by molar-refractivity contribution is 5.93. The number of amides is 1. The lowest BCUT2D eigenvalue weighted by Gasteiger charge is -2.22. The van der Waals surface area contributed by atoms with Gasteiger partial charge >= 0.3 is 0 Å². The van der Waals surface area contributed by atoms with Crippen LogP contribution in [0.15, 0.2) is 35.6 Å². The Morgan fingerprint density at radius 3 is 2.72 bits per heavy atom. The summed E-state index contributed by atoms with van der Waals surface area (Å²) in [6.45, 7) is 5.18. The zero-order valence-corrected chi connectivity index (χ0v) is 11.2. The van der Waals surface area contributed by atoms with Crippen molar-refractivity contribution >= 4 is 5.91 Å². The molecule has 0 radical (unpaired) electrons. The topological polar surface area (TPSA) is 32.3 Å². The molecule has 2 heterocycles. The van der Waals surface area contributed by atoms with E-state index in [-0.39, 0.29) is 11.3 Å². The van der Waals surface area contributed by atoms with Gasteiger partial charge < -0.3 is 10.2 Å². The van der Waals surface area contributed by atoms with Crippen LogP contribution < -0.4 is 5.32 Å². The third-order valence-electron chi connectivity index (χ3n) is 4.54. The normalized spacial score (nSPS) is 39.4. The lowest BCUT2D eigenvalue weighted by Crippen LogP contribution is -2.36. The van der Waals surface area contributed by atoms with Gasteiger partial charge in [-0.1, -0.05) is 25.2 Å². The van der Waals surface area contributed by atoms with Crippen LogP contribution >= 0.6 is 0 Å². The molecular formula is C15H20N2O. The first-order valence-corrected chi connectivity index (χ1v) is 6.66. The minimum absolute atomic E-state index is 0.174. The average molecular weight is 244 g/mol. The molecular weight excluding hydrogens is 224 g/mol. The Kier molecular flexibility index (Phi) is 2.49. The second-order valence-electron chi connectivity index (χ2n) is 5.91. The van der Waals surface area contributed by atoms with Gasteiger partial charge in [-0.25, -0.2) is 0 Å². The quantitative estimate of drug-likeness (QED) is 0.705. The van der Waals surface area contributed by atoms with Crippen molar-refractivity contribution in [1.29, 1.82) is 0 Å².